The van der Waals surface area contributed by atoms with E-state index < -0.39 is 6.10 Å². The molecule has 6 heteroatoms. The first-order valence-corrected chi connectivity index (χ1v) is 30.4. The van der Waals surface area contributed by atoms with Gasteiger partial charge in [-0.15, -0.1) is 0 Å². The number of unbranched alkanes of at least 4 members (excludes halogenated alkanes) is 32. The van der Waals surface area contributed by atoms with Crippen molar-refractivity contribution in [2.75, 3.05) is 13.2 Å². The lowest BCUT2D eigenvalue weighted by Crippen LogP contribution is -2.30. The molecule has 1 unspecified atom stereocenters. The summed E-state index contributed by atoms with van der Waals surface area (Å²) in [5.74, 6) is -0.891. The molecule has 6 nitrogen and oxygen atoms in total. The molecule has 0 rings (SSSR count). The molecule has 1 atom stereocenters. The third kappa shape index (κ3) is 57.6. The Morgan fingerprint density at radius 1 is 0.282 bits per heavy atom. The average Bonchev–Trinajstić information content (AvgIpc) is 3.37. The smallest absolute Gasteiger partial charge is 0.306 e. The van der Waals surface area contributed by atoms with Crippen molar-refractivity contribution in [1.29, 1.82) is 0 Å². The van der Waals surface area contributed by atoms with Crippen LogP contribution < -0.4 is 0 Å². The second-order valence-corrected chi connectivity index (χ2v) is 20.2. The highest BCUT2D eigenvalue weighted by Gasteiger charge is 2.19. The van der Waals surface area contributed by atoms with E-state index in [1.54, 1.807) is 0 Å². The highest BCUT2D eigenvalue weighted by atomic mass is 16.6. The standard InChI is InChI=1S/C65H114O6/c1-4-7-10-13-16-19-22-25-28-31-32-35-37-40-43-46-49-52-55-58-64(67)70-61-62(71-65(68)59-56-53-50-47-44-41-38-34-30-27-24-21-18-15-12-9-6-3)60-69-63(66)57-54-51-48-45-42-39-36-33-29-26-23-20-17-14-11-8-5-2/h16-21,25-30,62H,4-15,22-24,31-61H2,1-3H3/b19-16-,20-17-,21-18-,28-25-,29-26-,30-27-. The molecule has 0 aromatic carbocycles. The predicted octanol–water partition coefficient (Wildman–Crippen LogP) is 20.5. The molecule has 0 spiro atoms. The van der Waals surface area contributed by atoms with Gasteiger partial charge in [-0.2, -0.15) is 0 Å². The van der Waals surface area contributed by atoms with E-state index in [-0.39, 0.29) is 31.1 Å². The van der Waals surface area contributed by atoms with Gasteiger partial charge in [0.25, 0.3) is 0 Å². The summed E-state index contributed by atoms with van der Waals surface area (Å²) in [6.45, 7) is 6.58. The van der Waals surface area contributed by atoms with Crippen LogP contribution >= 0.6 is 0 Å². The Morgan fingerprint density at radius 2 is 0.507 bits per heavy atom. The average molecular weight is 992 g/mol. The van der Waals surface area contributed by atoms with Crippen LogP contribution in [0.1, 0.15) is 303 Å². The van der Waals surface area contributed by atoms with Crippen LogP contribution in [-0.4, -0.2) is 37.2 Å². The summed E-state index contributed by atoms with van der Waals surface area (Å²) >= 11 is 0. The highest BCUT2D eigenvalue weighted by Crippen LogP contribution is 2.15. The fourth-order valence-electron chi connectivity index (χ4n) is 8.53. The minimum absolute atomic E-state index is 0.0826. The van der Waals surface area contributed by atoms with Crippen LogP contribution in [0.25, 0.3) is 0 Å². The van der Waals surface area contributed by atoms with Crippen molar-refractivity contribution in [3.05, 3.63) is 72.9 Å². The fourth-order valence-corrected chi connectivity index (χ4v) is 8.53. The highest BCUT2D eigenvalue weighted by molar-refractivity contribution is 5.71. The zero-order valence-corrected chi connectivity index (χ0v) is 47.0. The summed E-state index contributed by atoms with van der Waals surface area (Å²) < 4.78 is 16.9. The van der Waals surface area contributed by atoms with Crippen molar-refractivity contribution < 1.29 is 28.6 Å². The molecule has 0 aromatic rings. The molecular formula is C65H114O6. The van der Waals surface area contributed by atoms with Crippen LogP contribution in [0.2, 0.25) is 0 Å². The molecule has 0 aliphatic rings. The number of carbonyl (C=O) groups excluding carboxylic acids is 3. The van der Waals surface area contributed by atoms with Crippen molar-refractivity contribution in [2.24, 2.45) is 0 Å². The number of hydrogen-bond donors (Lipinski definition) is 0. The number of carbonyl (C=O) groups is 3. The molecule has 0 saturated carbocycles. The second kappa shape index (κ2) is 59.4. The summed E-state index contributed by atoms with van der Waals surface area (Å²) in [5.41, 5.74) is 0. The van der Waals surface area contributed by atoms with Crippen LogP contribution in [0.15, 0.2) is 72.9 Å². The van der Waals surface area contributed by atoms with Gasteiger partial charge in [-0.25, -0.2) is 0 Å². The number of esters is 3. The predicted molar refractivity (Wildman–Crippen MR) is 307 cm³/mol. The first kappa shape index (κ1) is 67.8. The van der Waals surface area contributed by atoms with Crippen molar-refractivity contribution in [3.8, 4) is 0 Å². The molecule has 0 amide bonds. The van der Waals surface area contributed by atoms with Gasteiger partial charge in [0.1, 0.15) is 13.2 Å². The van der Waals surface area contributed by atoms with Gasteiger partial charge >= 0.3 is 17.9 Å². The van der Waals surface area contributed by atoms with E-state index >= 15 is 0 Å². The van der Waals surface area contributed by atoms with Crippen molar-refractivity contribution in [3.63, 3.8) is 0 Å². The summed E-state index contributed by atoms with van der Waals surface area (Å²) in [4.78, 5) is 38.3. The Labute approximate surface area is 440 Å². The second-order valence-electron chi connectivity index (χ2n) is 20.2. The molecule has 0 aromatic heterocycles. The van der Waals surface area contributed by atoms with Crippen LogP contribution in [0, 0.1) is 0 Å². The minimum atomic E-state index is -0.786. The fraction of sp³-hybridized carbons (Fsp3) is 0.769. The van der Waals surface area contributed by atoms with Gasteiger partial charge in [0.15, 0.2) is 6.10 Å². The number of hydrogen-bond acceptors (Lipinski definition) is 6. The Morgan fingerprint density at radius 3 is 0.775 bits per heavy atom. The molecule has 0 N–H and O–H groups in total. The van der Waals surface area contributed by atoms with E-state index in [1.807, 2.05) is 0 Å². The number of rotatable bonds is 55. The lowest BCUT2D eigenvalue weighted by molar-refractivity contribution is -0.167. The van der Waals surface area contributed by atoms with Crippen molar-refractivity contribution >= 4 is 17.9 Å². The van der Waals surface area contributed by atoms with Gasteiger partial charge in [0.2, 0.25) is 0 Å². The maximum atomic E-state index is 12.9. The van der Waals surface area contributed by atoms with E-state index in [4.69, 9.17) is 14.2 Å². The molecule has 71 heavy (non-hydrogen) atoms. The third-order valence-corrected chi connectivity index (χ3v) is 13.2. The normalized spacial score (nSPS) is 12.5. The Hall–Kier alpha value is -3.15. The van der Waals surface area contributed by atoms with Gasteiger partial charge in [-0.1, -0.05) is 241 Å². The molecule has 0 aliphatic carbocycles. The largest absolute Gasteiger partial charge is 0.462 e. The number of ether oxygens (including phenoxy) is 3. The maximum Gasteiger partial charge on any atom is 0.306 e. The van der Waals surface area contributed by atoms with Crippen LogP contribution in [0.3, 0.4) is 0 Å². The molecule has 0 fully saturated rings. The lowest BCUT2D eigenvalue weighted by Gasteiger charge is -2.18. The van der Waals surface area contributed by atoms with Crippen LogP contribution in [-0.2, 0) is 28.6 Å². The monoisotopic (exact) mass is 991 g/mol. The summed E-state index contributed by atoms with van der Waals surface area (Å²) in [6, 6.07) is 0. The van der Waals surface area contributed by atoms with E-state index in [9.17, 15) is 14.4 Å². The van der Waals surface area contributed by atoms with E-state index in [1.165, 1.54) is 173 Å². The van der Waals surface area contributed by atoms with Gasteiger partial charge in [-0.3, -0.25) is 14.4 Å². The van der Waals surface area contributed by atoms with Crippen LogP contribution in [0.4, 0.5) is 0 Å². The third-order valence-electron chi connectivity index (χ3n) is 13.2. The zero-order chi connectivity index (χ0) is 51.4. The van der Waals surface area contributed by atoms with Gasteiger partial charge in [-0.05, 0) is 116 Å². The summed E-state index contributed by atoms with van der Waals surface area (Å²) in [7, 11) is 0. The Kier molecular flexibility index (Phi) is 56.8. The molecule has 0 heterocycles. The number of allylic oxidation sites excluding steroid dienone is 12. The van der Waals surface area contributed by atoms with Crippen molar-refractivity contribution in [2.45, 2.75) is 309 Å². The quantitative estimate of drug-likeness (QED) is 0.0261. The Balaban J connectivity index is 4.40. The molecule has 0 aliphatic heterocycles. The van der Waals surface area contributed by atoms with Gasteiger partial charge < -0.3 is 14.2 Å². The molecule has 0 saturated heterocycles. The summed E-state index contributed by atoms with van der Waals surface area (Å²) in [6.07, 6.45) is 76.0. The van der Waals surface area contributed by atoms with E-state index in [2.05, 4.69) is 93.7 Å². The van der Waals surface area contributed by atoms with Gasteiger partial charge in [0.05, 0.1) is 0 Å². The first-order chi connectivity index (χ1) is 35.0. The Bertz CT molecular complexity index is 1320. The summed E-state index contributed by atoms with van der Waals surface area (Å²) in [5, 5.41) is 0. The first-order valence-electron chi connectivity index (χ1n) is 30.4. The van der Waals surface area contributed by atoms with E-state index in [0.717, 1.165) is 89.9 Å². The molecule has 410 valence electrons. The van der Waals surface area contributed by atoms with Crippen LogP contribution in [0.5, 0.6) is 0 Å². The maximum absolute atomic E-state index is 12.9. The molecular weight excluding hydrogens is 877 g/mol. The minimum Gasteiger partial charge on any atom is -0.462 e. The lowest BCUT2D eigenvalue weighted by atomic mass is 10.1. The topological polar surface area (TPSA) is 78.9 Å². The molecule has 0 bridgehead atoms. The zero-order valence-electron chi connectivity index (χ0n) is 47.0. The SMILES string of the molecule is CCCCC/C=C\C/C=C\CCCCCCCCCCCC(=O)OCC(COC(=O)CCCCCCCCC/C=C\C/C=C\CCCCC)OC(=O)CCCCCCCCC/C=C\C/C=C\CCCCC. The van der Waals surface area contributed by atoms with Crippen molar-refractivity contribution in [1.82, 2.24) is 0 Å². The van der Waals surface area contributed by atoms with Gasteiger partial charge in [0, 0.05) is 19.3 Å². The van der Waals surface area contributed by atoms with E-state index in [0.29, 0.717) is 19.3 Å². The molecule has 0 radical (unpaired) electrons.